The Hall–Kier alpha value is -2.75. The molecule has 2 aromatic rings. The molecule has 0 aliphatic carbocycles. The van der Waals surface area contributed by atoms with Gasteiger partial charge < -0.3 is 19.3 Å². The molecule has 0 amide bonds. The van der Waals surface area contributed by atoms with Gasteiger partial charge in [0.1, 0.15) is 6.61 Å². The predicted molar refractivity (Wildman–Crippen MR) is 88.8 cm³/mol. The molecule has 1 fully saturated rings. The van der Waals surface area contributed by atoms with E-state index in [4.69, 9.17) is 14.2 Å². The van der Waals surface area contributed by atoms with E-state index in [0.717, 1.165) is 4.57 Å². The van der Waals surface area contributed by atoms with Crippen LogP contribution in [0.4, 0.5) is 0 Å². The number of esters is 1. The lowest BCUT2D eigenvalue weighted by molar-refractivity contribution is -0.249. The molecule has 1 aromatic heterocycles. The molecular formula is C17H18N2O7. The summed E-state index contributed by atoms with van der Waals surface area (Å²) in [6.45, 7) is -0.712. The lowest BCUT2D eigenvalue weighted by atomic mass is 10.1. The molecule has 1 aliphatic heterocycles. The number of benzene rings is 1. The number of rotatable bonds is 5. The van der Waals surface area contributed by atoms with Crippen molar-refractivity contribution in [2.75, 3.05) is 26.4 Å². The SMILES string of the molecule is O=C(OC[C@@]1(CO)COC[C@H](n2ccc(=O)[nH]c2=O)O1)c1ccccc1. The Labute approximate surface area is 147 Å². The van der Waals surface area contributed by atoms with Crippen molar-refractivity contribution in [2.45, 2.75) is 11.8 Å². The summed E-state index contributed by atoms with van der Waals surface area (Å²) in [6.07, 6.45) is 0.397. The Morgan fingerprint density at radius 1 is 1.31 bits per heavy atom. The topological polar surface area (TPSA) is 120 Å². The summed E-state index contributed by atoms with van der Waals surface area (Å²) in [5.74, 6) is -0.564. The number of aliphatic hydroxyl groups excluding tert-OH is 1. The van der Waals surface area contributed by atoms with Crippen LogP contribution in [0.15, 0.2) is 52.2 Å². The zero-order valence-corrected chi connectivity index (χ0v) is 13.8. The highest BCUT2D eigenvalue weighted by atomic mass is 16.6. The summed E-state index contributed by atoms with van der Waals surface area (Å²) in [4.78, 5) is 37.3. The number of aliphatic hydroxyl groups is 1. The van der Waals surface area contributed by atoms with Gasteiger partial charge in [0.15, 0.2) is 11.8 Å². The van der Waals surface area contributed by atoms with Crippen LogP contribution in [0.2, 0.25) is 0 Å². The van der Waals surface area contributed by atoms with E-state index in [0.29, 0.717) is 5.56 Å². The zero-order valence-electron chi connectivity index (χ0n) is 13.8. The number of carbonyl (C=O) groups excluding carboxylic acids is 1. The van der Waals surface area contributed by atoms with E-state index >= 15 is 0 Å². The number of aromatic nitrogens is 2. The van der Waals surface area contributed by atoms with Gasteiger partial charge in [-0.05, 0) is 12.1 Å². The van der Waals surface area contributed by atoms with Crippen LogP contribution >= 0.6 is 0 Å². The number of aromatic amines is 1. The molecule has 3 rings (SSSR count). The van der Waals surface area contributed by atoms with Crippen LogP contribution in [0.3, 0.4) is 0 Å². The first kappa shape index (κ1) is 18.1. The van der Waals surface area contributed by atoms with Crippen molar-refractivity contribution >= 4 is 5.97 Å². The molecule has 0 saturated carbocycles. The van der Waals surface area contributed by atoms with E-state index in [1.807, 2.05) is 0 Å². The van der Waals surface area contributed by atoms with Crippen molar-refractivity contribution in [3.05, 3.63) is 69.0 Å². The molecule has 0 unspecified atom stereocenters. The van der Waals surface area contributed by atoms with Crippen molar-refractivity contribution in [1.29, 1.82) is 0 Å². The van der Waals surface area contributed by atoms with Gasteiger partial charge in [-0.3, -0.25) is 14.3 Å². The molecule has 138 valence electrons. The van der Waals surface area contributed by atoms with E-state index in [9.17, 15) is 19.5 Å². The Balaban J connectivity index is 1.73. The Morgan fingerprint density at radius 2 is 2.08 bits per heavy atom. The van der Waals surface area contributed by atoms with E-state index in [-0.39, 0.29) is 19.8 Å². The normalized spacial score (nSPS) is 22.7. The number of H-pyrrole nitrogens is 1. The smallest absolute Gasteiger partial charge is 0.338 e. The summed E-state index contributed by atoms with van der Waals surface area (Å²) < 4.78 is 17.6. The van der Waals surface area contributed by atoms with E-state index in [1.54, 1.807) is 30.3 Å². The predicted octanol–water partition coefficient (Wildman–Crippen LogP) is -0.330. The summed E-state index contributed by atoms with van der Waals surface area (Å²) in [6, 6.07) is 9.57. The first-order chi connectivity index (χ1) is 12.5. The maximum absolute atomic E-state index is 12.1. The van der Waals surface area contributed by atoms with Crippen LogP contribution in [0.5, 0.6) is 0 Å². The number of hydrogen-bond acceptors (Lipinski definition) is 7. The highest BCUT2D eigenvalue weighted by molar-refractivity contribution is 5.89. The number of hydrogen-bond donors (Lipinski definition) is 2. The fraction of sp³-hybridized carbons (Fsp3) is 0.353. The van der Waals surface area contributed by atoms with Gasteiger partial charge in [0.05, 0.1) is 25.4 Å². The molecule has 2 N–H and O–H groups in total. The van der Waals surface area contributed by atoms with E-state index in [1.165, 1.54) is 12.3 Å². The molecule has 1 aliphatic rings. The first-order valence-corrected chi connectivity index (χ1v) is 7.93. The van der Waals surface area contributed by atoms with Crippen LogP contribution in [0.1, 0.15) is 16.6 Å². The van der Waals surface area contributed by atoms with Gasteiger partial charge in [0, 0.05) is 12.3 Å². The third kappa shape index (κ3) is 3.90. The quantitative estimate of drug-likeness (QED) is 0.699. The average Bonchev–Trinajstić information content (AvgIpc) is 2.67. The molecule has 9 heteroatoms. The Bertz CT molecular complexity index is 876. The number of carbonyl (C=O) groups is 1. The van der Waals surface area contributed by atoms with E-state index in [2.05, 4.69) is 4.98 Å². The summed E-state index contributed by atoms with van der Waals surface area (Å²) in [5.41, 5.74) is -2.15. The summed E-state index contributed by atoms with van der Waals surface area (Å²) >= 11 is 0. The van der Waals surface area contributed by atoms with Gasteiger partial charge in [0.25, 0.3) is 5.56 Å². The fourth-order valence-electron chi connectivity index (χ4n) is 2.55. The van der Waals surface area contributed by atoms with Crippen molar-refractivity contribution in [2.24, 2.45) is 0 Å². The fourth-order valence-corrected chi connectivity index (χ4v) is 2.55. The molecule has 2 heterocycles. The summed E-state index contributed by atoms with van der Waals surface area (Å²) in [7, 11) is 0. The zero-order chi connectivity index (χ0) is 18.6. The van der Waals surface area contributed by atoms with Crippen LogP contribution < -0.4 is 11.2 Å². The maximum Gasteiger partial charge on any atom is 0.338 e. The molecule has 1 saturated heterocycles. The van der Waals surface area contributed by atoms with Gasteiger partial charge in [-0.15, -0.1) is 0 Å². The first-order valence-electron chi connectivity index (χ1n) is 7.93. The number of nitrogens with one attached hydrogen (secondary N) is 1. The van der Waals surface area contributed by atoms with Crippen molar-refractivity contribution in [1.82, 2.24) is 9.55 Å². The monoisotopic (exact) mass is 362 g/mol. The maximum atomic E-state index is 12.1. The minimum atomic E-state index is -1.32. The van der Waals surface area contributed by atoms with Gasteiger partial charge in [-0.1, -0.05) is 18.2 Å². The van der Waals surface area contributed by atoms with Crippen molar-refractivity contribution in [3.8, 4) is 0 Å². The third-order valence-corrected chi connectivity index (χ3v) is 3.94. The van der Waals surface area contributed by atoms with Crippen molar-refractivity contribution in [3.63, 3.8) is 0 Å². The van der Waals surface area contributed by atoms with Gasteiger partial charge >= 0.3 is 11.7 Å². The molecule has 2 atom stereocenters. The lowest BCUT2D eigenvalue weighted by Gasteiger charge is -2.39. The van der Waals surface area contributed by atoms with E-state index < -0.39 is 35.7 Å². The standard InChI is InChI=1S/C17H18N2O7/c20-9-17(11-25-15(22)12-4-2-1-3-5-12)10-24-8-14(26-17)19-7-6-13(21)18-16(19)23/h1-7,14,20H,8-11H2,(H,18,21,23)/t14-,17-/m1/s1. The molecule has 0 radical (unpaired) electrons. The number of ether oxygens (including phenoxy) is 3. The molecule has 0 bridgehead atoms. The van der Waals surface area contributed by atoms with Crippen LogP contribution in [0, 0.1) is 0 Å². The van der Waals surface area contributed by atoms with Gasteiger partial charge in [-0.25, -0.2) is 9.59 Å². The largest absolute Gasteiger partial charge is 0.459 e. The highest BCUT2D eigenvalue weighted by Gasteiger charge is 2.40. The lowest BCUT2D eigenvalue weighted by Crippen LogP contribution is -2.53. The second-order valence-electron chi connectivity index (χ2n) is 5.89. The molecule has 9 nitrogen and oxygen atoms in total. The highest BCUT2D eigenvalue weighted by Crippen LogP contribution is 2.25. The van der Waals surface area contributed by atoms with Gasteiger partial charge in [0.2, 0.25) is 0 Å². The second kappa shape index (κ2) is 7.65. The Kier molecular flexibility index (Phi) is 5.31. The number of nitrogens with zero attached hydrogens (tertiary/aromatic N) is 1. The molecule has 0 spiro atoms. The average molecular weight is 362 g/mol. The van der Waals surface area contributed by atoms with Gasteiger partial charge in [-0.2, -0.15) is 0 Å². The molecular weight excluding hydrogens is 344 g/mol. The summed E-state index contributed by atoms with van der Waals surface area (Å²) in [5, 5.41) is 9.76. The van der Waals surface area contributed by atoms with Crippen LogP contribution in [-0.2, 0) is 14.2 Å². The minimum Gasteiger partial charge on any atom is -0.459 e. The van der Waals surface area contributed by atoms with Crippen LogP contribution in [-0.4, -0.2) is 52.7 Å². The minimum absolute atomic E-state index is 0.0137. The Morgan fingerprint density at radius 3 is 2.77 bits per heavy atom. The van der Waals surface area contributed by atoms with Crippen LogP contribution in [0.25, 0.3) is 0 Å². The third-order valence-electron chi connectivity index (χ3n) is 3.94. The molecule has 1 aromatic carbocycles. The molecule has 26 heavy (non-hydrogen) atoms. The van der Waals surface area contributed by atoms with Crippen molar-refractivity contribution < 1.29 is 24.1 Å². The second-order valence-corrected chi connectivity index (χ2v) is 5.89.